The Hall–Kier alpha value is -1.29. The van der Waals surface area contributed by atoms with Gasteiger partial charge in [-0.15, -0.1) is 11.3 Å². The number of hydrogen-bond acceptors (Lipinski definition) is 4. The van der Waals surface area contributed by atoms with Gasteiger partial charge in [-0.05, 0) is 59.1 Å². The van der Waals surface area contributed by atoms with Gasteiger partial charge >= 0.3 is 0 Å². The summed E-state index contributed by atoms with van der Waals surface area (Å²) in [4.78, 5) is 12.4. The molecule has 1 saturated heterocycles. The maximum atomic E-state index is 13.2. The molecular formula is C16H16BrFN2O3S2. The predicted octanol–water partition coefficient (Wildman–Crippen LogP) is 3.69. The first-order valence-electron chi connectivity index (χ1n) is 7.68. The first kappa shape index (κ1) is 18.5. The van der Waals surface area contributed by atoms with Crippen LogP contribution in [0.5, 0.6) is 0 Å². The zero-order valence-electron chi connectivity index (χ0n) is 13.1. The Balaban J connectivity index is 1.71. The van der Waals surface area contributed by atoms with Crippen molar-refractivity contribution >= 4 is 48.9 Å². The van der Waals surface area contributed by atoms with Gasteiger partial charge in [0, 0.05) is 18.8 Å². The number of halogens is 2. The Bertz CT molecular complexity index is 885. The van der Waals surface area contributed by atoms with E-state index in [1.54, 1.807) is 18.2 Å². The molecule has 1 amide bonds. The quantitative estimate of drug-likeness (QED) is 0.778. The molecule has 0 radical (unpaired) electrons. The summed E-state index contributed by atoms with van der Waals surface area (Å²) in [7, 11) is -3.61. The highest BCUT2D eigenvalue weighted by Crippen LogP contribution is 2.31. The summed E-state index contributed by atoms with van der Waals surface area (Å²) in [6.45, 7) is 0.514. The lowest BCUT2D eigenvalue weighted by molar-refractivity contribution is -0.120. The van der Waals surface area contributed by atoms with Crippen LogP contribution in [0.1, 0.15) is 12.8 Å². The molecule has 1 fully saturated rings. The monoisotopic (exact) mass is 446 g/mol. The van der Waals surface area contributed by atoms with E-state index in [0.29, 0.717) is 25.1 Å². The van der Waals surface area contributed by atoms with E-state index < -0.39 is 21.8 Å². The van der Waals surface area contributed by atoms with Crippen LogP contribution in [0, 0.1) is 11.7 Å². The molecule has 2 aromatic rings. The van der Waals surface area contributed by atoms with E-state index in [1.807, 2.05) is 0 Å². The molecule has 5 nitrogen and oxygen atoms in total. The van der Waals surface area contributed by atoms with Crippen LogP contribution >= 0.6 is 27.3 Å². The molecular weight excluding hydrogens is 431 g/mol. The standard InChI is InChI=1S/C16H16BrFN2O3S2/c17-14-6-7-15(24-14)25(22,23)20-8-2-3-11(10-20)16(21)19-13-5-1-4-12(18)9-13/h1,4-7,9,11H,2-3,8,10H2,(H,19,21). The van der Waals surface area contributed by atoms with Crippen molar-refractivity contribution < 1.29 is 17.6 Å². The molecule has 2 heterocycles. The third-order valence-electron chi connectivity index (χ3n) is 3.99. The Morgan fingerprint density at radius 2 is 2.12 bits per heavy atom. The van der Waals surface area contributed by atoms with Crippen LogP contribution in [-0.2, 0) is 14.8 Å². The molecule has 1 atom stereocenters. The van der Waals surface area contributed by atoms with Crippen LogP contribution in [0.3, 0.4) is 0 Å². The molecule has 1 aromatic carbocycles. The maximum absolute atomic E-state index is 13.2. The molecule has 1 aliphatic heterocycles. The van der Waals surface area contributed by atoms with E-state index in [9.17, 15) is 17.6 Å². The van der Waals surface area contributed by atoms with Gasteiger partial charge in [0.1, 0.15) is 10.0 Å². The highest BCUT2D eigenvalue weighted by molar-refractivity contribution is 9.11. The smallest absolute Gasteiger partial charge is 0.252 e. The number of piperidine rings is 1. The number of anilines is 1. The molecule has 0 aliphatic carbocycles. The lowest BCUT2D eigenvalue weighted by Crippen LogP contribution is -2.43. The van der Waals surface area contributed by atoms with E-state index in [1.165, 1.54) is 22.5 Å². The van der Waals surface area contributed by atoms with E-state index in [4.69, 9.17) is 0 Å². The lowest BCUT2D eigenvalue weighted by Gasteiger charge is -2.30. The molecule has 1 aromatic heterocycles. The molecule has 25 heavy (non-hydrogen) atoms. The zero-order valence-corrected chi connectivity index (χ0v) is 16.3. The minimum absolute atomic E-state index is 0.124. The molecule has 0 spiro atoms. The Kier molecular flexibility index (Phi) is 5.57. The van der Waals surface area contributed by atoms with Gasteiger partial charge in [-0.1, -0.05) is 6.07 Å². The minimum atomic E-state index is -3.61. The average Bonchev–Trinajstić information content (AvgIpc) is 3.02. The first-order chi connectivity index (χ1) is 11.9. The van der Waals surface area contributed by atoms with Gasteiger partial charge < -0.3 is 5.32 Å². The van der Waals surface area contributed by atoms with Gasteiger partial charge in [-0.3, -0.25) is 4.79 Å². The molecule has 1 unspecified atom stereocenters. The van der Waals surface area contributed by atoms with E-state index in [2.05, 4.69) is 21.2 Å². The average molecular weight is 447 g/mol. The van der Waals surface area contributed by atoms with Crippen molar-refractivity contribution in [3.05, 3.63) is 46.0 Å². The second kappa shape index (κ2) is 7.53. The van der Waals surface area contributed by atoms with Gasteiger partial charge in [0.2, 0.25) is 5.91 Å². The Morgan fingerprint density at radius 1 is 1.32 bits per heavy atom. The fourth-order valence-electron chi connectivity index (χ4n) is 2.75. The predicted molar refractivity (Wildman–Crippen MR) is 98.5 cm³/mol. The second-order valence-corrected chi connectivity index (χ2v) is 10.4. The SMILES string of the molecule is O=C(Nc1cccc(F)c1)C1CCCN(S(=O)(=O)c2ccc(Br)s2)C1. The summed E-state index contributed by atoms with van der Waals surface area (Å²) in [5, 5.41) is 2.66. The minimum Gasteiger partial charge on any atom is -0.326 e. The van der Waals surface area contributed by atoms with Crippen molar-refractivity contribution in [3.8, 4) is 0 Å². The van der Waals surface area contributed by atoms with Crippen molar-refractivity contribution in [1.82, 2.24) is 4.31 Å². The van der Waals surface area contributed by atoms with Gasteiger partial charge in [-0.2, -0.15) is 4.31 Å². The normalized spacial score (nSPS) is 18.9. The number of benzene rings is 1. The summed E-state index contributed by atoms with van der Waals surface area (Å²) in [6.07, 6.45) is 1.20. The number of carbonyl (C=O) groups excluding carboxylic acids is 1. The molecule has 3 rings (SSSR count). The Morgan fingerprint density at radius 3 is 2.80 bits per heavy atom. The number of carbonyl (C=O) groups is 1. The van der Waals surface area contributed by atoms with Crippen LogP contribution in [0.15, 0.2) is 44.4 Å². The summed E-state index contributed by atoms with van der Waals surface area (Å²) >= 11 is 4.41. The Labute approximate surface area is 158 Å². The van der Waals surface area contributed by atoms with Crippen LogP contribution in [-0.4, -0.2) is 31.7 Å². The molecule has 134 valence electrons. The molecule has 0 saturated carbocycles. The van der Waals surface area contributed by atoms with Gasteiger partial charge in [0.05, 0.1) is 9.70 Å². The van der Waals surface area contributed by atoms with Crippen molar-refractivity contribution in [1.29, 1.82) is 0 Å². The molecule has 0 bridgehead atoms. The molecule has 1 N–H and O–H groups in total. The van der Waals surface area contributed by atoms with Crippen molar-refractivity contribution in [3.63, 3.8) is 0 Å². The molecule has 9 heteroatoms. The number of rotatable bonds is 4. The summed E-state index contributed by atoms with van der Waals surface area (Å²) < 4.78 is 41.0. The number of sulfonamides is 1. The van der Waals surface area contributed by atoms with Gasteiger partial charge in [0.25, 0.3) is 10.0 Å². The van der Waals surface area contributed by atoms with Crippen LogP contribution in [0.4, 0.5) is 10.1 Å². The van der Waals surface area contributed by atoms with E-state index in [0.717, 1.165) is 15.1 Å². The van der Waals surface area contributed by atoms with Crippen LogP contribution in [0.2, 0.25) is 0 Å². The van der Waals surface area contributed by atoms with Crippen molar-refractivity contribution in [2.75, 3.05) is 18.4 Å². The third kappa shape index (κ3) is 4.28. The summed E-state index contributed by atoms with van der Waals surface area (Å²) in [6, 6.07) is 8.89. The van der Waals surface area contributed by atoms with Crippen LogP contribution in [0.25, 0.3) is 0 Å². The zero-order chi connectivity index (χ0) is 18.0. The highest BCUT2D eigenvalue weighted by Gasteiger charge is 2.34. The van der Waals surface area contributed by atoms with Gasteiger partial charge in [0.15, 0.2) is 0 Å². The van der Waals surface area contributed by atoms with Crippen LogP contribution < -0.4 is 5.32 Å². The fourth-order valence-corrected chi connectivity index (χ4v) is 6.44. The molecule has 1 aliphatic rings. The number of nitrogens with zero attached hydrogens (tertiary/aromatic N) is 1. The number of thiophene rings is 1. The summed E-state index contributed by atoms with van der Waals surface area (Å²) in [5.41, 5.74) is 0.368. The van der Waals surface area contributed by atoms with E-state index in [-0.39, 0.29) is 16.7 Å². The van der Waals surface area contributed by atoms with Gasteiger partial charge in [-0.25, -0.2) is 12.8 Å². The second-order valence-electron chi connectivity index (χ2n) is 5.76. The fraction of sp³-hybridized carbons (Fsp3) is 0.312. The third-order valence-corrected chi connectivity index (χ3v) is 7.95. The van der Waals surface area contributed by atoms with E-state index >= 15 is 0 Å². The lowest BCUT2D eigenvalue weighted by atomic mass is 9.99. The van der Waals surface area contributed by atoms with Crippen molar-refractivity contribution in [2.24, 2.45) is 5.92 Å². The number of hydrogen-bond donors (Lipinski definition) is 1. The number of amides is 1. The summed E-state index contributed by atoms with van der Waals surface area (Å²) in [5.74, 6) is -1.19. The first-order valence-corrected chi connectivity index (χ1v) is 10.7. The topological polar surface area (TPSA) is 66.5 Å². The highest BCUT2D eigenvalue weighted by atomic mass is 79.9. The maximum Gasteiger partial charge on any atom is 0.252 e. The largest absolute Gasteiger partial charge is 0.326 e. The van der Waals surface area contributed by atoms with Crippen molar-refractivity contribution in [2.45, 2.75) is 17.1 Å². The number of nitrogens with one attached hydrogen (secondary N) is 1.